The van der Waals surface area contributed by atoms with Gasteiger partial charge in [0.25, 0.3) is 0 Å². The predicted octanol–water partition coefficient (Wildman–Crippen LogP) is 5.16. The van der Waals surface area contributed by atoms with Gasteiger partial charge in [-0.3, -0.25) is 9.80 Å². The maximum atomic E-state index is 14.8. The summed E-state index contributed by atoms with van der Waals surface area (Å²) in [4.78, 5) is 4.45. The van der Waals surface area contributed by atoms with Gasteiger partial charge in [0.05, 0.1) is 32.4 Å². The van der Waals surface area contributed by atoms with E-state index in [9.17, 15) is 13.2 Å². The number of benzene rings is 2. The number of fused-ring (bicyclic) bond motifs is 1. The zero-order chi connectivity index (χ0) is 21.3. The normalized spacial score (nSPS) is 19.2. The van der Waals surface area contributed by atoms with E-state index in [1.807, 2.05) is 20.8 Å². The molecule has 0 aliphatic carbocycles. The van der Waals surface area contributed by atoms with Crippen LogP contribution in [0.2, 0.25) is 0 Å². The molecular weight excluding hydrogens is 379 g/mol. The summed E-state index contributed by atoms with van der Waals surface area (Å²) < 4.78 is 50.0. The van der Waals surface area contributed by atoms with E-state index in [-0.39, 0.29) is 11.1 Å². The Morgan fingerprint density at radius 3 is 2.07 bits per heavy atom. The van der Waals surface area contributed by atoms with Crippen LogP contribution in [0.5, 0.6) is 5.75 Å². The van der Waals surface area contributed by atoms with Crippen molar-refractivity contribution >= 4 is 11.6 Å². The molecule has 0 saturated heterocycles. The van der Waals surface area contributed by atoms with E-state index < -0.39 is 11.7 Å². The van der Waals surface area contributed by atoms with Crippen LogP contribution in [-0.4, -0.2) is 43.4 Å². The van der Waals surface area contributed by atoms with Crippen LogP contribution in [0.1, 0.15) is 31.9 Å². The first-order valence-electron chi connectivity index (χ1n) is 9.82. The molecule has 2 aromatic carbocycles. The SMILES string of the molecule is CC[N+](CC)(CC)C1=N[C@](c2ccc(OC)cc2)(C(F)(F)F)c2ccccc2N1. The van der Waals surface area contributed by atoms with Crippen LogP contribution in [0.4, 0.5) is 18.9 Å². The number of nitrogens with one attached hydrogen (secondary N) is 1. The Labute approximate surface area is 169 Å². The molecule has 4 nitrogen and oxygen atoms in total. The van der Waals surface area contributed by atoms with E-state index in [2.05, 4.69) is 10.3 Å². The molecule has 0 amide bonds. The number of nitrogens with zero attached hydrogens (tertiary/aromatic N) is 2. The summed E-state index contributed by atoms with van der Waals surface area (Å²) >= 11 is 0. The number of hydrogen-bond acceptors (Lipinski definition) is 3. The smallest absolute Gasteiger partial charge is 0.422 e. The molecule has 2 aromatic rings. The highest BCUT2D eigenvalue weighted by atomic mass is 19.4. The number of anilines is 1. The van der Waals surface area contributed by atoms with Gasteiger partial charge < -0.3 is 4.74 Å². The lowest BCUT2D eigenvalue weighted by molar-refractivity contribution is -0.836. The zero-order valence-corrected chi connectivity index (χ0v) is 17.2. The molecule has 1 N–H and O–H groups in total. The molecule has 0 fully saturated rings. The van der Waals surface area contributed by atoms with E-state index in [4.69, 9.17) is 4.74 Å². The van der Waals surface area contributed by atoms with E-state index in [1.165, 1.54) is 25.3 Å². The molecule has 29 heavy (non-hydrogen) atoms. The lowest BCUT2D eigenvalue weighted by Crippen LogP contribution is -2.59. The number of alkyl halides is 3. The summed E-state index contributed by atoms with van der Waals surface area (Å²) in [5.41, 5.74) is -1.88. The molecule has 1 atom stereocenters. The van der Waals surface area contributed by atoms with Crippen molar-refractivity contribution in [1.82, 2.24) is 0 Å². The second-order valence-electron chi connectivity index (χ2n) is 7.14. The van der Waals surface area contributed by atoms with Crippen LogP contribution >= 0.6 is 0 Å². The van der Waals surface area contributed by atoms with Crippen molar-refractivity contribution < 1.29 is 22.4 Å². The van der Waals surface area contributed by atoms with Crippen molar-refractivity contribution in [2.75, 3.05) is 32.1 Å². The number of guanidine groups is 1. The van der Waals surface area contributed by atoms with Crippen molar-refractivity contribution in [3.05, 3.63) is 59.7 Å². The highest BCUT2D eigenvalue weighted by Gasteiger charge is 2.61. The molecule has 0 aromatic heterocycles. The van der Waals surface area contributed by atoms with Gasteiger partial charge in [0.2, 0.25) is 5.54 Å². The molecule has 1 heterocycles. The van der Waals surface area contributed by atoms with Crippen molar-refractivity contribution in [2.24, 2.45) is 4.99 Å². The first-order valence-corrected chi connectivity index (χ1v) is 9.82. The molecule has 3 rings (SSSR count). The van der Waals surface area contributed by atoms with Gasteiger partial charge in [0.15, 0.2) is 0 Å². The van der Waals surface area contributed by atoms with Crippen molar-refractivity contribution in [2.45, 2.75) is 32.5 Å². The van der Waals surface area contributed by atoms with Crippen LogP contribution in [-0.2, 0) is 5.54 Å². The van der Waals surface area contributed by atoms with E-state index >= 15 is 0 Å². The molecule has 7 heteroatoms. The number of para-hydroxylation sites is 1. The lowest BCUT2D eigenvalue weighted by Gasteiger charge is -2.43. The van der Waals surface area contributed by atoms with Gasteiger partial charge >= 0.3 is 12.1 Å². The van der Waals surface area contributed by atoms with Gasteiger partial charge in [-0.25, -0.2) is 0 Å². The second kappa shape index (κ2) is 7.71. The first kappa shape index (κ1) is 21.2. The van der Waals surface area contributed by atoms with E-state index in [0.29, 0.717) is 41.5 Å². The predicted molar refractivity (Wildman–Crippen MR) is 109 cm³/mol. The number of halogens is 3. The molecule has 0 bridgehead atoms. The van der Waals surface area contributed by atoms with Gasteiger partial charge in [0, 0.05) is 5.56 Å². The molecule has 156 valence electrons. The fourth-order valence-electron chi connectivity index (χ4n) is 4.05. The summed E-state index contributed by atoms with van der Waals surface area (Å²) in [7, 11) is 1.49. The van der Waals surface area contributed by atoms with E-state index in [0.717, 1.165) is 0 Å². The van der Waals surface area contributed by atoms with Crippen molar-refractivity contribution in [3.63, 3.8) is 0 Å². The average molecular weight is 406 g/mol. The van der Waals surface area contributed by atoms with Crippen LogP contribution in [0.25, 0.3) is 0 Å². The van der Waals surface area contributed by atoms with Gasteiger partial charge in [-0.1, -0.05) is 30.3 Å². The largest absolute Gasteiger partial charge is 0.497 e. The van der Waals surface area contributed by atoms with E-state index in [1.54, 1.807) is 30.3 Å². The number of ether oxygens (including phenoxy) is 1. The third kappa shape index (κ3) is 3.27. The monoisotopic (exact) mass is 406 g/mol. The fourth-order valence-corrected chi connectivity index (χ4v) is 4.05. The summed E-state index contributed by atoms with van der Waals surface area (Å²) in [6, 6.07) is 12.5. The van der Waals surface area contributed by atoms with Crippen molar-refractivity contribution in [1.29, 1.82) is 0 Å². The number of quaternary nitrogens is 1. The van der Waals surface area contributed by atoms with Crippen LogP contribution in [0.15, 0.2) is 53.5 Å². The van der Waals surface area contributed by atoms with Gasteiger partial charge in [0.1, 0.15) is 5.75 Å². The topological polar surface area (TPSA) is 33.6 Å². The fraction of sp³-hybridized carbons (Fsp3) is 0.409. The van der Waals surface area contributed by atoms with Gasteiger partial charge in [-0.15, -0.1) is 0 Å². The van der Waals surface area contributed by atoms with Gasteiger partial charge in [-0.2, -0.15) is 18.2 Å². The minimum absolute atomic E-state index is 0.0682. The number of methoxy groups -OCH3 is 1. The Bertz CT molecular complexity index is 881. The zero-order valence-electron chi connectivity index (χ0n) is 17.2. The summed E-state index contributed by atoms with van der Waals surface area (Å²) in [5.74, 6) is 0.836. The molecular formula is C22H27F3N3O+. The molecule has 0 radical (unpaired) electrons. The number of hydrogen-bond donors (Lipinski definition) is 1. The maximum Gasteiger partial charge on any atom is 0.422 e. The number of rotatable bonds is 5. The third-order valence-corrected chi connectivity index (χ3v) is 6.02. The second-order valence-corrected chi connectivity index (χ2v) is 7.14. The molecule has 0 spiro atoms. The first-order chi connectivity index (χ1) is 13.8. The molecule has 0 unspecified atom stereocenters. The highest BCUT2D eigenvalue weighted by molar-refractivity contribution is 5.93. The third-order valence-electron chi connectivity index (χ3n) is 6.02. The van der Waals surface area contributed by atoms with Crippen LogP contribution < -0.4 is 10.1 Å². The van der Waals surface area contributed by atoms with Gasteiger partial charge in [-0.05, 0) is 44.5 Å². The Balaban J connectivity index is 2.36. The Morgan fingerprint density at radius 2 is 1.55 bits per heavy atom. The lowest BCUT2D eigenvalue weighted by atomic mass is 9.80. The maximum absolute atomic E-state index is 14.8. The molecule has 0 saturated carbocycles. The Kier molecular flexibility index (Phi) is 5.63. The standard InChI is InChI=1S/C22H27F3N3O/c1-5-28(6-2,7-3)20-26-19-11-9-8-10-18(19)21(27-20,22(23,24)25)16-12-14-17(29-4)15-13-16/h8-15H,5-7H2,1-4H3,(H,26,27)/q+1/t21-/m0/s1. The quantitative estimate of drug-likeness (QED) is 0.696. The summed E-state index contributed by atoms with van der Waals surface area (Å²) in [6.45, 7) is 7.83. The minimum atomic E-state index is -4.63. The summed E-state index contributed by atoms with van der Waals surface area (Å²) in [6.07, 6.45) is -4.63. The average Bonchev–Trinajstić information content (AvgIpc) is 2.74. The Hall–Kier alpha value is -2.54. The van der Waals surface area contributed by atoms with Crippen molar-refractivity contribution in [3.8, 4) is 5.75 Å². The number of aliphatic imine (C=N–C) groups is 1. The summed E-state index contributed by atoms with van der Waals surface area (Å²) in [5, 5.41) is 3.21. The molecule has 1 aliphatic rings. The molecule has 1 aliphatic heterocycles. The Morgan fingerprint density at radius 1 is 0.966 bits per heavy atom. The highest BCUT2D eigenvalue weighted by Crippen LogP contribution is 2.52. The van der Waals surface area contributed by atoms with Crippen LogP contribution in [0, 0.1) is 0 Å². The van der Waals surface area contributed by atoms with Crippen LogP contribution in [0.3, 0.4) is 0 Å². The minimum Gasteiger partial charge on any atom is -0.497 e.